The maximum Gasteiger partial charge on any atom is 0.123 e. The van der Waals surface area contributed by atoms with Crippen LogP contribution in [0, 0.1) is 33.6 Å². The van der Waals surface area contributed by atoms with Crippen molar-refractivity contribution < 1.29 is 4.74 Å². The van der Waals surface area contributed by atoms with E-state index in [-0.39, 0.29) is 0 Å². The van der Waals surface area contributed by atoms with Gasteiger partial charge in [-0.1, -0.05) is 142 Å². The van der Waals surface area contributed by atoms with Crippen LogP contribution in [-0.4, -0.2) is 25.4 Å². The van der Waals surface area contributed by atoms with E-state index in [1.54, 1.807) is 0 Å². The van der Waals surface area contributed by atoms with E-state index >= 15 is 0 Å². The van der Waals surface area contributed by atoms with Gasteiger partial charge in [-0.15, -0.1) is 26.0 Å². The number of benzene rings is 3. The number of hydrogen-bond acceptors (Lipinski definition) is 3. The molecule has 0 bridgehead atoms. The molecule has 3 heteroatoms. The van der Waals surface area contributed by atoms with Gasteiger partial charge in [0.25, 0.3) is 0 Å². The minimum absolute atomic E-state index is 0.591. The molecular formula is C50H68N2O. The molecule has 0 amide bonds. The van der Waals surface area contributed by atoms with E-state index < -0.39 is 0 Å². The number of aliphatic imine (C=N–C) groups is 1. The van der Waals surface area contributed by atoms with Crippen molar-refractivity contribution in [2.24, 2.45) is 10.7 Å². The predicted octanol–water partition coefficient (Wildman–Crippen LogP) is 13.3. The first-order chi connectivity index (χ1) is 25.9. The van der Waals surface area contributed by atoms with Gasteiger partial charge in [0.15, 0.2) is 0 Å². The summed E-state index contributed by atoms with van der Waals surface area (Å²) in [5, 5.41) is 0. The SMILES string of the molecule is C#C.C/C=C\C=C/CC.C=C.CC.CCN=C(C)C1=C/COc2ccccc2C/C=C\1.Cc1ccccc1-c1c(C)cccc1C.NCC1=CC=CC1. The first kappa shape index (κ1) is 49.9. The summed E-state index contributed by atoms with van der Waals surface area (Å²) in [6.07, 6.45) is 32.0. The minimum Gasteiger partial charge on any atom is -0.489 e. The summed E-state index contributed by atoms with van der Waals surface area (Å²) >= 11 is 0. The summed E-state index contributed by atoms with van der Waals surface area (Å²) in [5.41, 5.74) is 16.9. The number of para-hydroxylation sites is 1. The molecular weight excluding hydrogens is 645 g/mol. The second-order valence-corrected chi connectivity index (χ2v) is 11.3. The Kier molecular flexibility index (Phi) is 32.0. The summed E-state index contributed by atoms with van der Waals surface area (Å²) in [7, 11) is 0. The van der Waals surface area contributed by atoms with Crippen LogP contribution in [0.25, 0.3) is 11.1 Å². The maximum atomic E-state index is 5.80. The van der Waals surface area contributed by atoms with Crippen LogP contribution < -0.4 is 10.5 Å². The van der Waals surface area contributed by atoms with Crippen molar-refractivity contribution in [3.63, 3.8) is 0 Å². The highest BCUT2D eigenvalue weighted by Gasteiger charge is 2.07. The largest absolute Gasteiger partial charge is 0.489 e. The number of nitrogens with two attached hydrogens (primary N) is 1. The Bertz CT molecular complexity index is 1620. The first-order valence-electron chi connectivity index (χ1n) is 18.7. The van der Waals surface area contributed by atoms with E-state index in [9.17, 15) is 0 Å². The van der Waals surface area contributed by atoms with Gasteiger partial charge >= 0.3 is 0 Å². The van der Waals surface area contributed by atoms with E-state index in [1.807, 2.05) is 64.1 Å². The molecule has 53 heavy (non-hydrogen) atoms. The Morgan fingerprint density at radius 3 is 2.02 bits per heavy atom. The molecule has 0 saturated heterocycles. The van der Waals surface area contributed by atoms with Crippen molar-refractivity contribution in [1.29, 1.82) is 0 Å². The fourth-order valence-corrected chi connectivity index (χ4v) is 5.07. The molecule has 0 fully saturated rings. The third-order valence-corrected chi connectivity index (χ3v) is 7.64. The summed E-state index contributed by atoms with van der Waals surface area (Å²) in [4.78, 5) is 4.44. The normalized spacial score (nSPS) is 14.0. The van der Waals surface area contributed by atoms with E-state index in [0.717, 1.165) is 42.8 Å². The van der Waals surface area contributed by atoms with Gasteiger partial charge in [0.05, 0.1) is 0 Å². The molecule has 5 rings (SSSR count). The highest BCUT2D eigenvalue weighted by atomic mass is 16.5. The molecule has 3 aromatic carbocycles. The van der Waals surface area contributed by atoms with Crippen LogP contribution in [0.15, 0.2) is 157 Å². The van der Waals surface area contributed by atoms with Crippen LogP contribution in [0.4, 0.5) is 0 Å². The third kappa shape index (κ3) is 21.1. The lowest BCUT2D eigenvalue weighted by molar-refractivity contribution is 0.359. The zero-order valence-electron chi connectivity index (χ0n) is 34.4. The monoisotopic (exact) mass is 713 g/mol. The lowest BCUT2D eigenvalue weighted by atomic mass is 9.93. The standard InChI is InChI=1S/C16H19NO.C15H16.C7H12.C6H9N.C2H6.C2H4.C2H2/c1-3-17-13(2)14-8-6-9-15-7-4-5-10-16(15)18-12-11-14;1-11-7-4-5-10-14(11)15-12(2)8-6-9-13(15)3;1-3-5-7-6-4-2;7-5-6-3-1-2-4-6;3*1-2/h4-8,10-11H,3,9,12H2,1-2H3;4-10H,1-3H3;3,5-7H,4H2,1-2H3;1-3H,4-5,7H2;1-2H3;1-2H2;1-2H/b8-6-,14-11+,17-13?;;5-3-,7-6-;;;;. The second kappa shape index (κ2) is 33.9. The fraction of sp³-hybridized carbons (Fsp3) is 0.300. The molecule has 0 aromatic heterocycles. The van der Waals surface area contributed by atoms with Gasteiger partial charge in [0, 0.05) is 18.8 Å². The van der Waals surface area contributed by atoms with Crippen molar-refractivity contribution in [2.45, 2.75) is 81.6 Å². The fourth-order valence-electron chi connectivity index (χ4n) is 5.07. The summed E-state index contributed by atoms with van der Waals surface area (Å²) in [6.45, 7) is 26.9. The van der Waals surface area contributed by atoms with Crippen molar-refractivity contribution >= 4 is 5.71 Å². The number of nitrogens with zero attached hydrogens (tertiary/aromatic N) is 1. The van der Waals surface area contributed by atoms with E-state index in [2.05, 4.69) is 157 Å². The van der Waals surface area contributed by atoms with E-state index in [4.69, 9.17) is 10.5 Å². The summed E-state index contributed by atoms with van der Waals surface area (Å²) < 4.78 is 5.80. The number of allylic oxidation sites excluding steroid dienone is 10. The predicted molar refractivity (Wildman–Crippen MR) is 240 cm³/mol. The van der Waals surface area contributed by atoms with Crippen molar-refractivity contribution in [2.75, 3.05) is 19.7 Å². The summed E-state index contributed by atoms with van der Waals surface area (Å²) in [6, 6.07) is 23.2. The van der Waals surface area contributed by atoms with Crippen molar-refractivity contribution in [3.8, 4) is 29.7 Å². The molecule has 2 aliphatic rings. The van der Waals surface area contributed by atoms with E-state index in [1.165, 1.54) is 39.0 Å². The molecule has 1 aliphatic heterocycles. The third-order valence-electron chi connectivity index (χ3n) is 7.64. The number of hydrogen-bond donors (Lipinski definition) is 1. The van der Waals surface area contributed by atoms with Crippen LogP contribution in [0.2, 0.25) is 0 Å². The van der Waals surface area contributed by atoms with Crippen LogP contribution in [0.3, 0.4) is 0 Å². The quantitative estimate of drug-likeness (QED) is 0.120. The highest BCUT2D eigenvalue weighted by molar-refractivity contribution is 6.00. The molecule has 3 nitrogen and oxygen atoms in total. The summed E-state index contributed by atoms with van der Waals surface area (Å²) in [5.74, 6) is 0.977. The van der Waals surface area contributed by atoms with Gasteiger partial charge in [-0.05, 0) is 112 Å². The second-order valence-electron chi connectivity index (χ2n) is 11.3. The minimum atomic E-state index is 0.591. The molecule has 1 heterocycles. The van der Waals surface area contributed by atoms with Crippen LogP contribution in [0.1, 0.15) is 76.6 Å². The van der Waals surface area contributed by atoms with Gasteiger partial charge in [-0.2, -0.15) is 0 Å². The molecule has 284 valence electrons. The molecule has 1 aliphatic carbocycles. The van der Waals surface area contributed by atoms with Crippen LogP contribution in [-0.2, 0) is 6.42 Å². The van der Waals surface area contributed by atoms with Gasteiger partial charge in [-0.3, -0.25) is 4.99 Å². The first-order valence-corrected chi connectivity index (χ1v) is 18.7. The average molecular weight is 713 g/mol. The molecule has 0 atom stereocenters. The van der Waals surface area contributed by atoms with Crippen molar-refractivity contribution in [1.82, 2.24) is 0 Å². The Balaban J connectivity index is 0. The molecule has 3 aromatic rings. The molecule has 0 unspecified atom stereocenters. The number of rotatable bonds is 6. The van der Waals surface area contributed by atoms with Gasteiger partial charge < -0.3 is 10.5 Å². The van der Waals surface area contributed by atoms with Gasteiger partial charge in [-0.25, -0.2) is 0 Å². The Morgan fingerprint density at radius 2 is 1.47 bits per heavy atom. The zero-order chi connectivity index (χ0) is 40.3. The van der Waals surface area contributed by atoms with E-state index in [0.29, 0.717) is 13.2 Å². The topological polar surface area (TPSA) is 47.6 Å². The lowest BCUT2D eigenvalue weighted by Crippen LogP contribution is -2.00. The maximum absolute atomic E-state index is 5.80. The van der Waals surface area contributed by atoms with Gasteiger partial charge in [0.2, 0.25) is 0 Å². The zero-order valence-corrected chi connectivity index (χ0v) is 34.4. The average Bonchev–Trinajstić information content (AvgIpc) is 3.76. The molecule has 0 saturated carbocycles. The smallest absolute Gasteiger partial charge is 0.123 e. The van der Waals surface area contributed by atoms with Crippen molar-refractivity contribution in [3.05, 3.63) is 174 Å². The Morgan fingerprint density at radius 1 is 0.849 bits per heavy atom. The lowest BCUT2D eigenvalue weighted by Gasteiger charge is -2.12. The molecule has 0 radical (unpaired) electrons. The highest BCUT2D eigenvalue weighted by Crippen LogP contribution is 2.29. The number of fused-ring (bicyclic) bond motifs is 1. The number of aryl methyl sites for hydroxylation is 3. The molecule has 2 N–H and O–H groups in total. The van der Waals surface area contributed by atoms with Crippen LogP contribution >= 0.6 is 0 Å². The molecule has 0 spiro atoms. The number of ether oxygens (including phenoxy) is 1. The number of terminal acetylenes is 1. The Labute approximate surface area is 325 Å². The van der Waals surface area contributed by atoms with Crippen LogP contribution in [0.5, 0.6) is 5.75 Å². The van der Waals surface area contributed by atoms with Gasteiger partial charge in [0.1, 0.15) is 12.4 Å². The Hall–Kier alpha value is -5.17.